The first-order chi connectivity index (χ1) is 31.0. The van der Waals surface area contributed by atoms with E-state index in [1.54, 1.807) is 24.3 Å². The number of piperazine rings is 1. The van der Waals surface area contributed by atoms with Crippen LogP contribution in [0.2, 0.25) is 0 Å². The highest BCUT2D eigenvalue weighted by Crippen LogP contribution is 2.38. The molecule has 4 heterocycles. The lowest BCUT2D eigenvalue weighted by Gasteiger charge is -2.40. The van der Waals surface area contributed by atoms with E-state index in [-0.39, 0.29) is 29.2 Å². The van der Waals surface area contributed by atoms with Crippen molar-refractivity contribution in [3.8, 4) is 11.5 Å². The van der Waals surface area contributed by atoms with Crippen LogP contribution >= 0.6 is 0 Å². The van der Waals surface area contributed by atoms with Crippen LogP contribution in [0.5, 0.6) is 11.5 Å². The number of nitrogens with one attached hydrogen (secondary N) is 1. The first kappa shape index (κ1) is 30.1. The molecular formula is C45H45F2N5O6. The molecule has 0 radical (unpaired) electrons. The van der Waals surface area contributed by atoms with Gasteiger partial charge in [0.15, 0.2) is 11.6 Å². The van der Waals surface area contributed by atoms with Gasteiger partial charge in [-0.3, -0.25) is 34.3 Å². The summed E-state index contributed by atoms with van der Waals surface area (Å²) in [6.07, 6.45) is 0.788. The molecule has 300 valence electrons. The van der Waals surface area contributed by atoms with Crippen molar-refractivity contribution < 1.29 is 49.1 Å². The Balaban J connectivity index is 1.02. The molecule has 4 aliphatic rings. The third kappa shape index (κ3) is 7.42. The molecule has 0 aromatic heterocycles. The number of rotatable bonds is 9. The Morgan fingerprint density at radius 3 is 1.93 bits per heavy atom. The number of hydrogen-bond donors (Lipinski definition) is 3. The highest BCUT2D eigenvalue weighted by Gasteiger charge is 2.47. The van der Waals surface area contributed by atoms with Gasteiger partial charge in [0, 0.05) is 63.2 Å². The number of benzene rings is 4. The van der Waals surface area contributed by atoms with E-state index in [0.29, 0.717) is 48.2 Å². The summed E-state index contributed by atoms with van der Waals surface area (Å²) in [5.41, 5.74) is 2.11. The Bertz CT molecular complexity index is 2630. The second-order valence-corrected chi connectivity index (χ2v) is 14.6. The van der Waals surface area contributed by atoms with Gasteiger partial charge in [-0.05, 0) is 102 Å². The second-order valence-electron chi connectivity index (χ2n) is 14.6. The molecule has 3 fully saturated rings. The van der Waals surface area contributed by atoms with Crippen molar-refractivity contribution >= 4 is 46.1 Å². The van der Waals surface area contributed by atoms with Crippen LogP contribution in [0.25, 0.3) is 11.1 Å². The molecule has 0 aliphatic carbocycles. The number of carbonyl (C=O) groups excluding carboxylic acids is 4. The van der Waals surface area contributed by atoms with Gasteiger partial charge in [0.25, 0.3) is 11.8 Å². The molecule has 13 heteroatoms. The zero-order valence-electron chi connectivity index (χ0n) is 39.4. The average molecular weight is 798 g/mol. The number of anilines is 2. The molecule has 1 unspecified atom stereocenters. The molecule has 4 aromatic rings. The number of aromatic hydroxyl groups is 2. The first-order valence-corrected chi connectivity index (χ1v) is 19.0. The number of halogens is 2. The quantitative estimate of drug-likeness (QED) is 0.134. The van der Waals surface area contributed by atoms with Crippen LogP contribution in [-0.4, -0.2) is 95.3 Å². The third-order valence-corrected chi connectivity index (χ3v) is 11.0. The Kier molecular flexibility index (Phi) is 8.32. The van der Waals surface area contributed by atoms with E-state index in [4.69, 9.17) is 11.0 Å². The van der Waals surface area contributed by atoms with E-state index in [0.717, 1.165) is 33.5 Å². The third-order valence-electron chi connectivity index (χ3n) is 11.0. The molecule has 58 heavy (non-hydrogen) atoms. The van der Waals surface area contributed by atoms with Crippen molar-refractivity contribution in [2.24, 2.45) is 5.92 Å². The zero-order valence-corrected chi connectivity index (χ0v) is 31.4. The molecule has 0 bridgehead atoms. The minimum Gasteiger partial charge on any atom is -0.508 e. The van der Waals surface area contributed by atoms with Crippen LogP contribution in [-0.2, 0) is 9.59 Å². The number of amides is 4. The lowest BCUT2D eigenvalue weighted by Crippen LogP contribution is -2.54. The molecular weight excluding hydrogens is 745 g/mol. The van der Waals surface area contributed by atoms with Gasteiger partial charge in [0.1, 0.15) is 17.5 Å². The fraction of sp³-hybridized carbons (Fsp3) is 0.333. The van der Waals surface area contributed by atoms with Gasteiger partial charge < -0.3 is 20.0 Å². The number of piperidine rings is 2. The SMILES string of the molecule is [2H]C1([2H])N(CC2CCN(c3ccc(C(=C(CC)c4ccc(O)cc4)c4ccc(O)cc4)cc3)CC2)C([2H])([2H])C([2H])([2H])N(c2cc3c(c(F)c2F)C(=O)N(C2CCC(=O)NC2=O)C3=O)C1([2H])[2H]. The highest BCUT2D eigenvalue weighted by atomic mass is 19.2. The van der Waals surface area contributed by atoms with Crippen LogP contribution in [0.3, 0.4) is 0 Å². The Morgan fingerprint density at radius 1 is 0.759 bits per heavy atom. The van der Waals surface area contributed by atoms with Crippen molar-refractivity contribution in [1.82, 2.24) is 15.1 Å². The standard InChI is InChI=1S/C45H45F2N5O6/c1-2-34(28-5-11-32(53)12-6-28)39(30-7-13-33(54)14-8-30)29-3-9-31(10-4-29)50-19-17-27(18-20-50)26-49-21-23-51(24-22-49)37-25-35-40(42(47)41(37)46)45(58)52(44(35)57)36-15-16-38(55)48-43(36)56/h3-14,25,27,36,53-54H,2,15-24,26H2,1H3,(H,48,55,56)/i21D2,22D2,23D2,24D2. The van der Waals surface area contributed by atoms with Crippen LogP contribution < -0.4 is 15.1 Å². The van der Waals surface area contributed by atoms with Crippen molar-refractivity contribution in [2.75, 3.05) is 55.4 Å². The molecule has 0 saturated carbocycles. The van der Waals surface area contributed by atoms with Gasteiger partial charge in [-0.2, -0.15) is 0 Å². The Labute approximate surface area is 346 Å². The molecule has 4 aliphatic heterocycles. The minimum absolute atomic E-state index is 0.120. The summed E-state index contributed by atoms with van der Waals surface area (Å²) in [6.45, 7) is -11.7. The predicted octanol–water partition coefficient (Wildman–Crippen LogP) is 6.18. The number of imide groups is 2. The second kappa shape index (κ2) is 16.0. The molecule has 1 atom stereocenters. The summed E-state index contributed by atoms with van der Waals surface area (Å²) in [7, 11) is 0. The Hall–Kier alpha value is -6.08. The van der Waals surface area contributed by atoms with E-state index >= 15 is 8.78 Å². The summed E-state index contributed by atoms with van der Waals surface area (Å²) in [5, 5.41) is 21.9. The maximum absolute atomic E-state index is 16.1. The highest BCUT2D eigenvalue weighted by molar-refractivity contribution is 6.24. The van der Waals surface area contributed by atoms with Gasteiger partial charge in [-0.15, -0.1) is 0 Å². The number of carbonyl (C=O) groups is 4. The topological polar surface area (TPSA) is 134 Å². The van der Waals surface area contributed by atoms with Crippen LogP contribution in [0, 0.1) is 17.6 Å². The number of phenols is 2. The molecule has 11 nitrogen and oxygen atoms in total. The first-order valence-electron chi connectivity index (χ1n) is 23.0. The van der Waals surface area contributed by atoms with Crippen molar-refractivity contribution in [3.63, 3.8) is 0 Å². The molecule has 8 rings (SSSR count). The van der Waals surface area contributed by atoms with E-state index in [1.807, 2.05) is 60.8 Å². The summed E-state index contributed by atoms with van der Waals surface area (Å²) >= 11 is 0. The average Bonchev–Trinajstić information content (AvgIpc) is 3.51. The smallest absolute Gasteiger partial charge is 0.265 e. The van der Waals surface area contributed by atoms with Gasteiger partial charge in [-0.25, -0.2) is 8.78 Å². The number of hydrogen-bond acceptors (Lipinski definition) is 9. The lowest BCUT2D eigenvalue weighted by atomic mass is 9.88. The Morgan fingerprint density at radius 2 is 1.34 bits per heavy atom. The van der Waals surface area contributed by atoms with E-state index in [9.17, 15) is 29.4 Å². The number of allylic oxidation sites excluding steroid dienone is 1. The summed E-state index contributed by atoms with van der Waals surface area (Å²) in [5.74, 6) is -8.77. The van der Waals surface area contributed by atoms with Crippen LogP contribution in [0.15, 0.2) is 78.9 Å². The molecule has 4 aromatic carbocycles. The molecule has 4 amide bonds. The number of nitrogens with zero attached hydrogens (tertiary/aromatic N) is 4. The summed E-state index contributed by atoms with van der Waals surface area (Å²) in [4.78, 5) is 53.8. The molecule has 0 spiro atoms. The van der Waals surface area contributed by atoms with Crippen LogP contribution in [0.4, 0.5) is 20.2 Å². The number of fused-ring (bicyclic) bond motifs is 1. The number of phenolic OH excluding ortho intramolecular Hbond substituents is 2. The maximum Gasteiger partial charge on any atom is 0.265 e. The van der Waals surface area contributed by atoms with Crippen molar-refractivity contribution in [2.45, 2.75) is 45.1 Å². The van der Waals surface area contributed by atoms with E-state index in [1.165, 1.54) is 0 Å². The van der Waals surface area contributed by atoms with Crippen LogP contribution in [0.1, 0.15) is 87.4 Å². The minimum atomic E-state index is -3.64. The monoisotopic (exact) mass is 797 g/mol. The van der Waals surface area contributed by atoms with Crippen molar-refractivity contribution in [1.29, 1.82) is 0 Å². The summed E-state index contributed by atoms with van der Waals surface area (Å²) in [6, 6.07) is 20.6. The van der Waals surface area contributed by atoms with Gasteiger partial charge in [-0.1, -0.05) is 43.3 Å². The largest absolute Gasteiger partial charge is 0.508 e. The van der Waals surface area contributed by atoms with Gasteiger partial charge in [0.2, 0.25) is 11.8 Å². The van der Waals surface area contributed by atoms with Gasteiger partial charge in [0.05, 0.1) is 22.3 Å². The van der Waals surface area contributed by atoms with E-state index in [2.05, 4.69) is 4.90 Å². The fourth-order valence-electron chi connectivity index (χ4n) is 8.00. The lowest BCUT2D eigenvalue weighted by molar-refractivity contribution is -0.136. The zero-order chi connectivity index (χ0) is 47.8. The predicted molar refractivity (Wildman–Crippen MR) is 215 cm³/mol. The molecule has 3 saturated heterocycles. The molecule has 3 N–H and O–H groups in total. The normalized spacial score (nSPS) is 25.2. The fourth-order valence-corrected chi connectivity index (χ4v) is 8.00. The van der Waals surface area contributed by atoms with Gasteiger partial charge >= 0.3 is 0 Å². The van der Waals surface area contributed by atoms with E-state index < -0.39 is 96.6 Å². The summed E-state index contributed by atoms with van der Waals surface area (Å²) < 4.78 is 104. The van der Waals surface area contributed by atoms with Crippen molar-refractivity contribution in [3.05, 3.63) is 118 Å². The maximum atomic E-state index is 16.1.